The van der Waals surface area contributed by atoms with Gasteiger partial charge in [0.25, 0.3) is 0 Å². The molecule has 1 heterocycles. The molecule has 0 aliphatic rings. The molecule has 4 rings (SSSR count). The first-order valence-electron chi connectivity index (χ1n) is 13.0. The zero-order chi connectivity index (χ0) is 26.9. The number of benzene rings is 3. The SMILES string of the molecule is CCc1ccc(NC(=O)N(CCCC(C)Nc2cc(OC)cc3cccnc23)Cc2ccc(Cl)cc2)cc1. The van der Waals surface area contributed by atoms with Crippen LogP contribution in [0.3, 0.4) is 0 Å². The smallest absolute Gasteiger partial charge is 0.322 e. The highest BCUT2D eigenvalue weighted by atomic mass is 35.5. The van der Waals surface area contributed by atoms with Crippen molar-refractivity contribution in [2.24, 2.45) is 0 Å². The highest BCUT2D eigenvalue weighted by Gasteiger charge is 2.16. The molecule has 1 aromatic heterocycles. The number of carbonyl (C=O) groups excluding carboxylic acids is 1. The molecule has 7 heteroatoms. The number of nitrogens with zero attached hydrogens (tertiary/aromatic N) is 2. The molecule has 0 aliphatic heterocycles. The summed E-state index contributed by atoms with van der Waals surface area (Å²) >= 11 is 6.07. The quantitative estimate of drug-likeness (QED) is 0.208. The molecule has 0 radical (unpaired) electrons. The Morgan fingerprint density at radius 3 is 2.50 bits per heavy atom. The summed E-state index contributed by atoms with van der Waals surface area (Å²) in [5.41, 5.74) is 4.92. The number of rotatable bonds is 11. The van der Waals surface area contributed by atoms with Gasteiger partial charge < -0.3 is 20.3 Å². The number of methoxy groups -OCH3 is 1. The number of hydrogen-bond donors (Lipinski definition) is 2. The van der Waals surface area contributed by atoms with E-state index < -0.39 is 0 Å². The summed E-state index contributed by atoms with van der Waals surface area (Å²) in [7, 11) is 1.67. The summed E-state index contributed by atoms with van der Waals surface area (Å²) in [6, 6.07) is 23.6. The third-order valence-corrected chi connectivity index (χ3v) is 6.82. The number of hydrogen-bond acceptors (Lipinski definition) is 4. The summed E-state index contributed by atoms with van der Waals surface area (Å²) in [6.07, 6.45) is 4.47. The lowest BCUT2D eigenvalue weighted by Gasteiger charge is -2.25. The van der Waals surface area contributed by atoms with Crippen molar-refractivity contribution in [2.45, 2.75) is 45.7 Å². The lowest BCUT2D eigenvalue weighted by molar-refractivity contribution is 0.207. The van der Waals surface area contributed by atoms with E-state index in [1.165, 1.54) is 5.56 Å². The monoisotopic (exact) mass is 530 g/mol. The highest BCUT2D eigenvalue weighted by molar-refractivity contribution is 6.30. The zero-order valence-corrected chi connectivity index (χ0v) is 23.0. The number of amides is 2. The third-order valence-electron chi connectivity index (χ3n) is 6.57. The molecule has 6 nitrogen and oxygen atoms in total. The number of aromatic nitrogens is 1. The number of pyridine rings is 1. The van der Waals surface area contributed by atoms with E-state index in [1.54, 1.807) is 13.3 Å². The fraction of sp³-hybridized carbons (Fsp3) is 0.290. The number of aryl methyl sites for hydroxylation is 1. The summed E-state index contributed by atoms with van der Waals surface area (Å²) in [5, 5.41) is 8.36. The molecular formula is C31H35ClN4O2. The normalized spacial score (nSPS) is 11.7. The number of halogens is 1. The number of ether oxygens (including phenoxy) is 1. The van der Waals surface area contributed by atoms with Crippen LogP contribution in [0.2, 0.25) is 5.02 Å². The number of urea groups is 1. The standard InChI is InChI=1S/C31H35ClN4O2/c1-4-23-11-15-27(16-12-23)35-31(37)36(21-24-9-13-26(32)14-10-24)18-6-7-22(2)34-29-20-28(38-3)19-25-8-5-17-33-30(25)29/h5,8-17,19-20,22,34H,4,6-7,18,21H2,1-3H3,(H,35,37). The first kappa shape index (κ1) is 27.3. The van der Waals surface area contributed by atoms with Crippen LogP contribution in [0.15, 0.2) is 79.0 Å². The van der Waals surface area contributed by atoms with E-state index in [-0.39, 0.29) is 12.1 Å². The van der Waals surface area contributed by atoms with Gasteiger partial charge in [0, 0.05) is 47.5 Å². The maximum absolute atomic E-state index is 13.3. The van der Waals surface area contributed by atoms with Crippen molar-refractivity contribution in [3.63, 3.8) is 0 Å². The van der Waals surface area contributed by atoms with Crippen molar-refractivity contribution < 1.29 is 9.53 Å². The molecule has 0 saturated heterocycles. The van der Waals surface area contributed by atoms with Crippen molar-refractivity contribution >= 4 is 39.9 Å². The van der Waals surface area contributed by atoms with E-state index in [0.29, 0.717) is 18.1 Å². The minimum atomic E-state index is -0.118. The van der Waals surface area contributed by atoms with Gasteiger partial charge in [-0.2, -0.15) is 0 Å². The summed E-state index contributed by atoms with van der Waals surface area (Å²) in [6.45, 7) is 5.38. The Morgan fingerprint density at radius 2 is 1.79 bits per heavy atom. The fourth-order valence-corrected chi connectivity index (χ4v) is 4.53. The number of nitrogens with one attached hydrogen (secondary N) is 2. The van der Waals surface area contributed by atoms with Gasteiger partial charge in [0.1, 0.15) is 5.75 Å². The Bertz CT molecular complexity index is 1340. The Hall–Kier alpha value is -3.77. The van der Waals surface area contributed by atoms with Gasteiger partial charge in [-0.15, -0.1) is 0 Å². The molecule has 1 unspecified atom stereocenters. The van der Waals surface area contributed by atoms with Gasteiger partial charge >= 0.3 is 6.03 Å². The van der Waals surface area contributed by atoms with E-state index in [0.717, 1.165) is 52.9 Å². The molecule has 0 saturated carbocycles. The van der Waals surface area contributed by atoms with Crippen LogP contribution in [0.1, 0.15) is 37.8 Å². The predicted octanol–water partition coefficient (Wildman–Crippen LogP) is 7.77. The Labute approximate surface area is 230 Å². The van der Waals surface area contributed by atoms with Gasteiger partial charge in [-0.1, -0.05) is 48.9 Å². The van der Waals surface area contributed by atoms with Crippen LogP contribution in [0.4, 0.5) is 16.2 Å². The van der Waals surface area contributed by atoms with Gasteiger partial charge in [-0.25, -0.2) is 4.79 Å². The van der Waals surface area contributed by atoms with Crippen LogP contribution >= 0.6 is 11.6 Å². The van der Waals surface area contributed by atoms with Crippen molar-refractivity contribution in [3.8, 4) is 5.75 Å². The highest BCUT2D eigenvalue weighted by Crippen LogP contribution is 2.28. The molecular weight excluding hydrogens is 496 g/mol. The lowest BCUT2D eigenvalue weighted by atomic mass is 10.1. The van der Waals surface area contributed by atoms with Crippen LogP contribution in [0.25, 0.3) is 10.9 Å². The Balaban J connectivity index is 1.41. The third kappa shape index (κ3) is 7.39. The van der Waals surface area contributed by atoms with Crippen LogP contribution < -0.4 is 15.4 Å². The van der Waals surface area contributed by atoms with Crippen LogP contribution in [0, 0.1) is 0 Å². The van der Waals surface area contributed by atoms with E-state index >= 15 is 0 Å². The van der Waals surface area contributed by atoms with Gasteiger partial charge in [-0.3, -0.25) is 4.98 Å². The Morgan fingerprint density at radius 1 is 1.05 bits per heavy atom. The lowest BCUT2D eigenvalue weighted by Crippen LogP contribution is -2.35. The minimum absolute atomic E-state index is 0.118. The van der Waals surface area contributed by atoms with Crippen LogP contribution in [0.5, 0.6) is 5.75 Å². The molecule has 1 atom stereocenters. The van der Waals surface area contributed by atoms with Crippen molar-refractivity contribution in [3.05, 3.63) is 95.1 Å². The average molecular weight is 531 g/mol. The first-order chi connectivity index (χ1) is 18.4. The minimum Gasteiger partial charge on any atom is -0.497 e. The molecule has 3 aromatic carbocycles. The molecule has 4 aromatic rings. The molecule has 0 aliphatic carbocycles. The largest absolute Gasteiger partial charge is 0.497 e. The second-order valence-electron chi connectivity index (χ2n) is 9.47. The number of carbonyl (C=O) groups is 1. The van der Waals surface area contributed by atoms with E-state index in [9.17, 15) is 4.79 Å². The summed E-state index contributed by atoms with van der Waals surface area (Å²) in [5.74, 6) is 0.790. The van der Waals surface area contributed by atoms with Crippen LogP contribution in [-0.2, 0) is 13.0 Å². The van der Waals surface area contributed by atoms with E-state index in [1.807, 2.05) is 77.7 Å². The molecule has 2 amide bonds. The van der Waals surface area contributed by atoms with Gasteiger partial charge in [0.2, 0.25) is 0 Å². The molecule has 38 heavy (non-hydrogen) atoms. The summed E-state index contributed by atoms with van der Waals surface area (Å²) in [4.78, 5) is 19.7. The molecule has 0 bridgehead atoms. The van der Waals surface area contributed by atoms with Crippen molar-refractivity contribution in [2.75, 3.05) is 24.3 Å². The molecule has 198 valence electrons. The first-order valence-corrected chi connectivity index (χ1v) is 13.4. The van der Waals surface area contributed by atoms with Crippen LogP contribution in [-0.4, -0.2) is 35.6 Å². The van der Waals surface area contributed by atoms with Crippen molar-refractivity contribution in [1.82, 2.24) is 9.88 Å². The molecule has 0 spiro atoms. The zero-order valence-electron chi connectivity index (χ0n) is 22.2. The van der Waals surface area contributed by atoms with E-state index in [2.05, 4.69) is 29.5 Å². The maximum atomic E-state index is 13.3. The van der Waals surface area contributed by atoms with Gasteiger partial charge in [0.15, 0.2) is 0 Å². The number of fused-ring (bicyclic) bond motifs is 1. The number of anilines is 2. The second-order valence-corrected chi connectivity index (χ2v) is 9.90. The van der Waals surface area contributed by atoms with Crippen molar-refractivity contribution in [1.29, 1.82) is 0 Å². The Kier molecular flexibility index (Phi) is 9.44. The predicted molar refractivity (Wildman–Crippen MR) is 157 cm³/mol. The maximum Gasteiger partial charge on any atom is 0.322 e. The van der Waals surface area contributed by atoms with E-state index in [4.69, 9.17) is 16.3 Å². The topological polar surface area (TPSA) is 66.5 Å². The second kappa shape index (κ2) is 13.2. The van der Waals surface area contributed by atoms with Gasteiger partial charge in [-0.05, 0) is 73.7 Å². The molecule has 0 fully saturated rings. The van der Waals surface area contributed by atoms with Gasteiger partial charge in [0.05, 0.1) is 18.3 Å². The summed E-state index contributed by atoms with van der Waals surface area (Å²) < 4.78 is 5.48. The fourth-order valence-electron chi connectivity index (χ4n) is 4.41. The molecule has 2 N–H and O–H groups in total. The average Bonchev–Trinajstić information content (AvgIpc) is 2.93.